The summed E-state index contributed by atoms with van der Waals surface area (Å²) in [7, 11) is -0.144. The van der Waals surface area contributed by atoms with Gasteiger partial charge in [0.2, 0.25) is 5.95 Å². The van der Waals surface area contributed by atoms with Gasteiger partial charge in [0.05, 0.1) is 6.20 Å². The molecule has 1 fully saturated rings. The van der Waals surface area contributed by atoms with Crippen molar-refractivity contribution < 1.29 is 4.21 Å². The van der Waals surface area contributed by atoms with E-state index < -0.39 is 9.73 Å². The number of nitrogens with zero attached hydrogens (tertiary/aromatic N) is 6. The average Bonchev–Trinajstić information content (AvgIpc) is 3.68. The SMILES string of the molecule is CN1Cc2cc(Nc3ncc(C#N)c(Nc4cccc(N=S(C)(C)=O)n4)n3)c(C3CC3)c3c2C(CCC3)C1. The molecule has 3 aliphatic rings. The smallest absolute Gasteiger partial charge is 0.229 e. The topological polar surface area (TPSA) is 119 Å². The van der Waals surface area contributed by atoms with Crippen molar-refractivity contribution in [2.45, 2.75) is 50.5 Å². The summed E-state index contributed by atoms with van der Waals surface area (Å²) in [5, 5.41) is 16.4. The fourth-order valence-corrected chi connectivity index (χ4v) is 6.45. The van der Waals surface area contributed by atoms with Gasteiger partial charge in [-0.3, -0.25) is 0 Å². The molecular formula is C28H32N8OS. The zero-order valence-electron chi connectivity index (χ0n) is 22.0. The van der Waals surface area contributed by atoms with Gasteiger partial charge in [0, 0.05) is 41.0 Å². The number of nitrogens with one attached hydrogen (secondary N) is 2. The van der Waals surface area contributed by atoms with E-state index in [1.165, 1.54) is 43.0 Å². The molecule has 6 rings (SSSR count). The van der Waals surface area contributed by atoms with E-state index in [9.17, 15) is 9.47 Å². The summed E-state index contributed by atoms with van der Waals surface area (Å²) in [5.41, 5.74) is 7.40. The lowest BCUT2D eigenvalue weighted by molar-refractivity contribution is 0.266. The average molecular weight is 529 g/mol. The fourth-order valence-electron chi connectivity index (χ4n) is 5.90. The minimum atomic E-state index is -2.35. The van der Waals surface area contributed by atoms with Gasteiger partial charge in [0.15, 0.2) is 11.6 Å². The number of aromatic nitrogens is 3. The summed E-state index contributed by atoms with van der Waals surface area (Å²) in [6, 6.07) is 9.70. The van der Waals surface area contributed by atoms with E-state index in [-0.39, 0.29) is 0 Å². The predicted octanol–water partition coefficient (Wildman–Crippen LogP) is 5.33. The van der Waals surface area contributed by atoms with E-state index in [1.54, 1.807) is 41.8 Å². The van der Waals surface area contributed by atoms with E-state index >= 15 is 0 Å². The molecule has 2 aromatic heterocycles. The second-order valence-corrected chi connectivity index (χ2v) is 13.5. The quantitative estimate of drug-likeness (QED) is 0.440. The van der Waals surface area contributed by atoms with Gasteiger partial charge in [-0.1, -0.05) is 6.07 Å². The molecule has 1 atom stereocenters. The summed E-state index contributed by atoms with van der Waals surface area (Å²) in [6.45, 7) is 2.09. The lowest BCUT2D eigenvalue weighted by Gasteiger charge is -2.38. The second kappa shape index (κ2) is 9.64. The van der Waals surface area contributed by atoms with Gasteiger partial charge in [-0.2, -0.15) is 14.6 Å². The van der Waals surface area contributed by atoms with E-state index in [4.69, 9.17) is 0 Å². The number of nitriles is 1. The van der Waals surface area contributed by atoms with Crippen molar-refractivity contribution in [3.05, 3.63) is 58.3 Å². The first kappa shape index (κ1) is 24.8. The summed E-state index contributed by atoms with van der Waals surface area (Å²) >= 11 is 0. The molecule has 3 aromatic rings. The highest BCUT2D eigenvalue weighted by atomic mass is 32.2. The van der Waals surface area contributed by atoms with Crippen LogP contribution in [0.1, 0.15) is 65.3 Å². The highest BCUT2D eigenvalue weighted by molar-refractivity contribution is 7.92. The Morgan fingerprint density at radius 1 is 1.13 bits per heavy atom. The van der Waals surface area contributed by atoms with Gasteiger partial charge in [-0.25, -0.2) is 14.2 Å². The number of likely N-dealkylation sites (N-methyl/N-ethyl adjacent to an activating group) is 1. The molecule has 196 valence electrons. The van der Waals surface area contributed by atoms with Gasteiger partial charge >= 0.3 is 0 Å². The van der Waals surface area contributed by atoms with Crippen LogP contribution in [0.2, 0.25) is 0 Å². The molecule has 0 bridgehead atoms. The molecule has 2 N–H and O–H groups in total. The van der Waals surface area contributed by atoms with Gasteiger partial charge < -0.3 is 15.5 Å². The van der Waals surface area contributed by atoms with Crippen molar-refractivity contribution in [2.24, 2.45) is 4.36 Å². The molecule has 0 amide bonds. The van der Waals surface area contributed by atoms with E-state index in [2.05, 4.69) is 54.0 Å². The van der Waals surface area contributed by atoms with Crippen LogP contribution in [0, 0.1) is 11.3 Å². The van der Waals surface area contributed by atoms with Crippen molar-refractivity contribution in [1.29, 1.82) is 5.26 Å². The number of rotatable bonds is 6. The van der Waals surface area contributed by atoms with Crippen molar-refractivity contribution in [3.8, 4) is 6.07 Å². The lowest BCUT2D eigenvalue weighted by atomic mass is 9.75. The molecule has 0 spiro atoms. The van der Waals surface area contributed by atoms with Crippen LogP contribution in [0.5, 0.6) is 0 Å². The maximum atomic E-state index is 12.1. The van der Waals surface area contributed by atoms with Crippen LogP contribution < -0.4 is 10.6 Å². The molecule has 1 unspecified atom stereocenters. The molecule has 0 radical (unpaired) electrons. The normalized spacial score (nSPS) is 18.8. The number of pyridine rings is 1. The van der Waals surface area contributed by atoms with Gasteiger partial charge in [0.1, 0.15) is 17.5 Å². The molecule has 38 heavy (non-hydrogen) atoms. The van der Waals surface area contributed by atoms with Crippen LogP contribution in [0.4, 0.5) is 29.1 Å². The number of anilines is 4. The first-order chi connectivity index (χ1) is 18.3. The van der Waals surface area contributed by atoms with Crippen molar-refractivity contribution >= 4 is 38.8 Å². The second-order valence-electron chi connectivity index (χ2n) is 10.9. The third kappa shape index (κ3) is 5.08. The van der Waals surface area contributed by atoms with Crippen LogP contribution in [0.25, 0.3) is 0 Å². The number of benzene rings is 1. The summed E-state index contributed by atoms with van der Waals surface area (Å²) in [5.74, 6) is 2.83. The minimum Gasteiger partial charge on any atom is -0.324 e. The largest absolute Gasteiger partial charge is 0.324 e. The van der Waals surface area contributed by atoms with Crippen molar-refractivity contribution in [2.75, 3.05) is 36.7 Å². The van der Waals surface area contributed by atoms with Gasteiger partial charge in [0.25, 0.3) is 0 Å². The van der Waals surface area contributed by atoms with Crippen molar-refractivity contribution in [3.63, 3.8) is 0 Å². The van der Waals surface area contributed by atoms with E-state index in [1.807, 2.05) is 0 Å². The molecular weight excluding hydrogens is 496 g/mol. The molecule has 2 aliphatic carbocycles. The Bertz CT molecular complexity index is 1570. The van der Waals surface area contributed by atoms with Crippen LogP contribution in [-0.4, -0.2) is 50.2 Å². The van der Waals surface area contributed by atoms with E-state index in [0.29, 0.717) is 40.8 Å². The van der Waals surface area contributed by atoms with E-state index in [0.717, 1.165) is 25.2 Å². The summed E-state index contributed by atoms with van der Waals surface area (Å²) in [4.78, 5) is 16.0. The monoisotopic (exact) mass is 528 g/mol. The Morgan fingerprint density at radius 2 is 1.97 bits per heavy atom. The number of hydrogen-bond donors (Lipinski definition) is 2. The molecule has 1 aromatic carbocycles. The fraction of sp³-hybridized carbons (Fsp3) is 0.429. The molecule has 10 heteroatoms. The highest BCUT2D eigenvalue weighted by Gasteiger charge is 2.36. The standard InChI is InChI=1S/C28H32N8OS/c1-36-15-18-6-4-7-21-25(18)19(16-36)12-22(26(21)17-10-11-17)31-28-30-14-20(13-29)27(34-28)33-23-8-5-9-24(32-23)35-38(2,3)37/h5,8-9,12,14,17-18H,4,6-7,10-11,15-16H2,1-3H3,(H2,30,31,32,33,34). The third-order valence-corrected chi connectivity index (χ3v) is 8.03. The minimum absolute atomic E-state index is 0.307. The molecule has 9 nitrogen and oxygen atoms in total. The van der Waals surface area contributed by atoms with Crippen LogP contribution >= 0.6 is 0 Å². The maximum absolute atomic E-state index is 12.1. The highest BCUT2D eigenvalue weighted by Crippen LogP contribution is 2.51. The molecule has 1 aliphatic heterocycles. The summed E-state index contributed by atoms with van der Waals surface area (Å²) < 4.78 is 16.3. The Balaban J connectivity index is 1.36. The predicted molar refractivity (Wildman–Crippen MR) is 150 cm³/mol. The Hall–Kier alpha value is -3.55. The maximum Gasteiger partial charge on any atom is 0.229 e. The van der Waals surface area contributed by atoms with Gasteiger partial charge in [-0.05, 0) is 91.4 Å². The Kier molecular flexibility index (Phi) is 6.28. The molecule has 3 heterocycles. The van der Waals surface area contributed by atoms with Gasteiger partial charge in [-0.15, -0.1) is 0 Å². The zero-order chi connectivity index (χ0) is 26.4. The first-order valence-corrected chi connectivity index (χ1v) is 15.4. The lowest BCUT2D eigenvalue weighted by Crippen LogP contribution is -2.33. The zero-order valence-corrected chi connectivity index (χ0v) is 22.8. The Labute approximate surface area is 223 Å². The third-order valence-electron chi connectivity index (χ3n) is 7.40. The molecule has 1 saturated carbocycles. The first-order valence-electron chi connectivity index (χ1n) is 13.1. The van der Waals surface area contributed by atoms with Crippen LogP contribution in [-0.2, 0) is 22.7 Å². The Morgan fingerprint density at radius 3 is 2.74 bits per heavy atom. The molecule has 0 saturated heterocycles. The van der Waals surface area contributed by atoms with Crippen molar-refractivity contribution in [1.82, 2.24) is 19.9 Å². The summed E-state index contributed by atoms with van der Waals surface area (Å²) in [6.07, 6.45) is 10.7. The van der Waals surface area contributed by atoms with Crippen LogP contribution in [0.3, 0.4) is 0 Å². The number of hydrogen-bond acceptors (Lipinski definition) is 9. The van der Waals surface area contributed by atoms with Crippen LogP contribution in [0.15, 0.2) is 34.8 Å².